The van der Waals surface area contributed by atoms with E-state index in [1.54, 1.807) is 7.11 Å². The summed E-state index contributed by atoms with van der Waals surface area (Å²) in [5, 5.41) is 14.2. The first-order valence-corrected chi connectivity index (χ1v) is 15.2. The number of fused-ring (bicyclic) bond motifs is 1. The van der Waals surface area contributed by atoms with Crippen LogP contribution in [0.1, 0.15) is 32.3 Å². The highest BCUT2D eigenvalue weighted by atomic mass is 32.2. The number of carbonyl (C=O) groups is 1. The normalized spacial score (nSPS) is 24.1. The van der Waals surface area contributed by atoms with Crippen LogP contribution in [0.15, 0.2) is 59.5 Å². The molecule has 11 heteroatoms. The zero-order valence-corrected chi connectivity index (χ0v) is 24.1. The summed E-state index contributed by atoms with van der Waals surface area (Å²) in [5.74, 6) is 0.179. The standard InChI is InChI=1S/C29H41N3O7S/c1-19(2)16-32(40(35,36)23-11-9-21(30)10-12-23)17-26(33)25(13-20-7-5-4-6-8-20)31-29(34)39-22-14-24-27(15-22)38-18-28(24)37-3/h4-12,19,22,24-28,33H,13-18,30H2,1-3H3,(H,31,34)/t22-,24+,25+,26?,27-,28-/m1/s1. The Hall–Kier alpha value is -2.70. The Bertz CT molecular complexity index is 1210. The van der Waals surface area contributed by atoms with Gasteiger partial charge in [0.2, 0.25) is 10.0 Å². The number of sulfonamides is 1. The topological polar surface area (TPSA) is 140 Å². The van der Waals surface area contributed by atoms with Crippen molar-refractivity contribution in [2.75, 3.05) is 32.5 Å². The second-order valence-corrected chi connectivity index (χ2v) is 13.0. The summed E-state index contributed by atoms with van der Waals surface area (Å²) >= 11 is 0. The van der Waals surface area contributed by atoms with Crippen molar-refractivity contribution in [1.82, 2.24) is 9.62 Å². The molecule has 1 unspecified atom stereocenters. The molecule has 1 saturated carbocycles. The largest absolute Gasteiger partial charge is 0.446 e. The van der Waals surface area contributed by atoms with Gasteiger partial charge in [-0.1, -0.05) is 44.2 Å². The van der Waals surface area contributed by atoms with Crippen molar-refractivity contribution in [3.8, 4) is 0 Å². The average Bonchev–Trinajstić information content (AvgIpc) is 3.48. The molecule has 0 radical (unpaired) electrons. The molecule has 1 saturated heterocycles. The Morgan fingerprint density at radius 3 is 2.48 bits per heavy atom. The van der Waals surface area contributed by atoms with E-state index in [2.05, 4.69) is 5.32 Å². The number of nitrogens with zero attached hydrogens (tertiary/aromatic N) is 1. The molecule has 40 heavy (non-hydrogen) atoms. The fourth-order valence-electron chi connectivity index (χ4n) is 5.54. The van der Waals surface area contributed by atoms with E-state index in [-0.39, 0.29) is 48.1 Å². The zero-order chi connectivity index (χ0) is 28.9. The van der Waals surface area contributed by atoms with Crippen molar-refractivity contribution in [1.29, 1.82) is 0 Å². The Kier molecular flexibility index (Phi) is 10.1. The maximum atomic E-state index is 13.5. The molecule has 0 spiro atoms. The predicted octanol–water partition coefficient (Wildman–Crippen LogP) is 2.81. The summed E-state index contributed by atoms with van der Waals surface area (Å²) < 4.78 is 45.4. The molecule has 0 bridgehead atoms. The number of ether oxygens (including phenoxy) is 3. The van der Waals surface area contributed by atoms with Crippen molar-refractivity contribution >= 4 is 21.8 Å². The molecule has 1 aliphatic carbocycles. The molecule has 2 aromatic rings. The van der Waals surface area contributed by atoms with Crippen LogP contribution in [0, 0.1) is 11.8 Å². The van der Waals surface area contributed by atoms with Crippen LogP contribution in [-0.2, 0) is 30.7 Å². The summed E-state index contributed by atoms with van der Waals surface area (Å²) in [4.78, 5) is 13.1. The zero-order valence-electron chi connectivity index (χ0n) is 23.3. The molecule has 2 aliphatic rings. The van der Waals surface area contributed by atoms with E-state index in [0.29, 0.717) is 31.6 Å². The Morgan fingerprint density at radius 1 is 1.12 bits per heavy atom. The predicted molar refractivity (Wildman–Crippen MR) is 151 cm³/mol. The SMILES string of the molecule is CO[C@@H]1CO[C@@H]2C[C@H](OC(=O)N[C@@H](Cc3ccccc3)C(O)CN(CC(C)C)S(=O)(=O)c3ccc(N)cc3)C[C@H]12. The van der Waals surface area contributed by atoms with Crippen LogP contribution < -0.4 is 11.1 Å². The number of aliphatic hydroxyl groups is 1. The number of hydrogen-bond donors (Lipinski definition) is 3. The second kappa shape index (κ2) is 13.3. The number of benzene rings is 2. The number of nitrogens with one attached hydrogen (secondary N) is 1. The van der Waals surface area contributed by atoms with Gasteiger partial charge in [-0.2, -0.15) is 4.31 Å². The highest BCUT2D eigenvalue weighted by molar-refractivity contribution is 7.89. The molecule has 2 aromatic carbocycles. The number of nitrogens with two attached hydrogens (primary N) is 1. The summed E-state index contributed by atoms with van der Waals surface area (Å²) in [6.45, 7) is 4.34. The minimum atomic E-state index is -3.93. The Morgan fingerprint density at radius 2 is 1.82 bits per heavy atom. The third kappa shape index (κ3) is 7.52. The number of alkyl carbamates (subject to hydrolysis) is 1. The fourth-order valence-corrected chi connectivity index (χ4v) is 7.16. The molecule has 220 valence electrons. The van der Waals surface area contributed by atoms with Crippen LogP contribution in [0.3, 0.4) is 0 Å². The van der Waals surface area contributed by atoms with Gasteiger partial charge >= 0.3 is 6.09 Å². The van der Waals surface area contributed by atoms with E-state index in [1.807, 2.05) is 44.2 Å². The number of aliphatic hydroxyl groups excluding tert-OH is 1. The van der Waals surface area contributed by atoms with Crippen molar-refractivity contribution in [3.63, 3.8) is 0 Å². The van der Waals surface area contributed by atoms with Crippen molar-refractivity contribution in [2.45, 2.75) is 68.5 Å². The first-order chi connectivity index (χ1) is 19.1. The van der Waals surface area contributed by atoms with Crippen LogP contribution in [0.25, 0.3) is 0 Å². The van der Waals surface area contributed by atoms with E-state index in [1.165, 1.54) is 28.6 Å². The third-order valence-corrected chi connectivity index (χ3v) is 9.43. The number of anilines is 1. The third-order valence-electron chi connectivity index (χ3n) is 7.58. The monoisotopic (exact) mass is 575 g/mol. The lowest BCUT2D eigenvalue weighted by molar-refractivity contribution is 0.0297. The summed E-state index contributed by atoms with van der Waals surface area (Å²) in [6, 6.07) is 14.6. The molecule has 4 N–H and O–H groups in total. The lowest BCUT2D eigenvalue weighted by Gasteiger charge is -2.31. The lowest BCUT2D eigenvalue weighted by Crippen LogP contribution is -2.51. The number of methoxy groups -OCH3 is 1. The van der Waals surface area contributed by atoms with Crippen molar-refractivity contribution < 1.29 is 32.5 Å². The molecule has 1 aliphatic heterocycles. The van der Waals surface area contributed by atoms with Gasteiger partial charge in [0.05, 0.1) is 35.9 Å². The fraction of sp³-hybridized carbons (Fsp3) is 0.552. The van der Waals surface area contributed by atoms with E-state index in [0.717, 1.165) is 5.56 Å². The van der Waals surface area contributed by atoms with Gasteiger partial charge in [-0.05, 0) is 48.6 Å². The Balaban J connectivity index is 1.48. The van der Waals surface area contributed by atoms with E-state index < -0.39 is 28.3 Å². The van der Waals surface area contributed by atoms with Gasteiger partial charge in [0, 0.05) is 38.2 Å². The van der Waals surface area contributed by atoms with Crippen molar-refractivity contribution in [3.05, 3.63) is 60.2 Å². The highest BCUT2D eigenvalue weighted by Crippen LogP contribution is 2.38. The Labute approximate surface area is 236 Å². The van der Waals surface area contributed by atoms with Crippen LogP contribution >= 0.6 is 0 Å². The summed E-state index contributed by atoms with van der Waals surface area (Å²) in [6.07, 6.45) is -0.683. The lowest BCUT2D eigenvalue weighted by atomic mass is 10.0. The maximum Gasteiger partial charge on any atom is 0.407 e. The minimum Gasteiger partial charge on any atom is -0.446 e. The average molecular weight is 576 g/mol. The molecule has 10 nitrogen and oxygen atoms in total. The molecule has 0 aromatic heterocycles. The van der Waals surface area contributed by atoms with Gasteiger partial charge in [-0.3, -0.25) is 0 Å². The number of hydrogen-bond acceptors (Lipinski definition) is 8. The molecule has 4 rings (SSSR count). The number of rotatable bonds is 12. The summed E-state index contributed by atoms with van der Waals surface area (Å²) in [5.41, 5.74) is 7.09. The van der Waals surface area contributed by atoms with Gasteiger partial charge in [0.1, 0.15) is 6.10 Å². The van der Waals surface area contributed by atoms with Gasteiger partial charge in [0.15, 0.2) is 0 Å². The second-order valence-electron chi connectivity index (χ2n) is 11.1. The van der Waals surface area contributed by atoms with E-state index in [9.17, 15) is 18.3 Å². The molecule has 2 fully saturated rings. The minimum absolute atomic E-state index is 0.00113. The molecule has 1 heterocycles. The first-order valence-electron chi connectivity index (χ1n) is 13.8. The van der Waals surface area contributed by atoms with Crippen LogP contribution in [-0.4, -0.2) is 81.2 Å². The first kappa shape index (κ1) is 30.3. The van der Waals surface area contributed by atoms with Gasteiger partial charge in [0.25, 0.3) is 0 Å². The smallest absolute Gasteiger partial charge is 0.407 e. The maximum absolute atomic E-state index is 13.5. The van der Waals surface area contributed by atoms with Gasteiger partial charge < -0.3 is 30.4 Å². The van der Waals surface area contributed by atoms with Crippen LogP contribution in [0.4, 0.5) is 10.5 Å². The molecule has 1 amide bonds. The molecular weight excluding hydrogens is 534 g/mol. The molecule has 6 atom stereocenters. The number of carbonyl (C=O) groups excluding carboxylic acids is 1. The van der Waals surface area contributed by atoms with Crippen LogP contribution in [0.2, 0.25) is 0 Å². The summed E-state index contributed by atoms with van der Waals surface area (Å²) in [7, 11) is -2.27. The van der Waals surface area contributed by atoms with Gasteiger partial charge in [-0.15, -0.1) is 0 Å². The molecular formula is C29H41N3O7S. The van der Waals surface area contributed by atoms with Crippen LogP contribution in [0.5, 0.6) is 0 Å². The highest BCUT2D eigenvalue weighted by Gasteiger charge is 2.46. The van der Waals surface area contributed by atoms with Crippen molar-refractivity contribution in [2.24, 2.45) is 11.8 Å². The van der Waals surface area contributed by atoms with Gasteiger partial charge in [-0.25, -0.2) is 13.2 Å². The van der Waals surface area contributed by atoms with E-state index >= 15 is 0 Å². The van der Waals surface area contributed by atoms with E-state index in [4.69, 9.17) is 19.9 Å². The quantitative estimate of drug-likeness (QED) is 0.328. The number of nitrogen functional groups attached to an aromatic ring is 1. The number of amides is 1.